The van der Waals surface area contributed by atoms with Crippen LogP contribution in [0, 0.1) is 11.7 Å². The van der Waals surface area contributed by atoms with Gasteiger partial charge in [0.2, 0.25) is 5.91 Å². The number of hydrogen-bond donors (Lipinski definition) is 3. The predicted octanol–water partition coefficient (Wildman–Crippen LogP) is 4.21. The molecular formula is C23H25FN4O2. The summed E-state index contributed by atoms with van der Waals surface area (Å²) in [4.78, 5) is 30.4. The molecule has 0 saturated heterocycles. The van der Waals surface area contributed by atoms with Crippen LogP contribution in [0.4, 0.5) is 14.9 Å². The number of nitrogens with zero attached hydrogens (tertiary/aromatic N) is 1. The molecule has 2 aromatic carbocycles. The Morgan fingerprint density at radius 1 is 1.17 bits per heavy atom. The van der Waals surface area contributed by atoms with Crippen LogP contribution in [-0.4, -0.2) is 34.9 Å². The van der Waals surface area contributed by atoms with Gasteiger partial charge in [-0.1, -0.05) is 44.2 Å². The van der Waals surface area contributed by atoms with Gasteiger partial charge in [-0.2, -0.15) is 0 Å². The molecule has 1 aliphatic rings. The zero-order chi connectivity index (χ0) is 21.3. The van der Waals surface area contributed by atoms with Gasteiger partial charge in [0.15, 0.2) is 0 Å². The van der Waals surface area contributed by atoms with Crippen LogP contribution in [0.2, 0.25) is 0 Å². The lowest BCUT2D eigenvalue weighted by Gasteiger charge is -2.38. The lowest BCUT2D eigenvalue weighted by Crippen LogP contribution is -2.47. The Bertz CT molecular complexity index is 1090. The van der Waals surface area contributed by atoms with Gasteiger partial charge in [-0.25, -0.2) is 9.18 Å². The van der Waals surface area contributed by atoms with Crippen molar-refractivity contribution in [3.05, 3.63) is 65.6 Å². The highest BCUT2D eigenvalue weighted by atomic mass is 19.1. The third-order valence-electron chi connectivity index (χ3n) is 5.55. The second-order valence-corrected chi connectivity index (χ2v) is 7.88. The van der Waals surface area contributed by atoms with Crippen molar-refractivity contribution in [1.29, 1.82) is 0 Å². The number of aromatic nitrogens is 1. The number of halogens is 1. The van der Waals surface area contributed by atoms with E-state index in [0.29, 0.717) is 6.54 Å². The predicted molar refractivity (Wildman–Crippen MR) is 115 cm³/mol. The Morgan fingerprint density at radius 2 is 1.90 bits per heavy atom. The zero-order valence-corrected chi connectivity index (χ0v) is 17.0. The van der Waals surface area contributed by atoms with Gasteiger partial charge >= 0.3 is 6.03 Å². The number of amides is 3. The summed E-state index contributed by atoms with van der Waals surface area (Å²) in [6.07, 6.45) is 0.760. The van der Waals surface area contributed by atoms with Crippen LogP contribution in [0.5, 0.6) is 0 Å². The minimum Gasteiger partial charge on any atom is -0.356 e. The number of benzene rings is 2. The molecule has 30 heavy (non-hydrogen) atoms. The van der Waals surface area contributed by atoms with Crippen LogP contribution in [-0.2, 0) is 11.2 Å². The first kappa shape index (κ1) is 19.9. The maximum absolute atomic E-state index is 13.7. The fraction of sp³-hybridized carbons (Fsp3) is 0.304. The molecule has 3 aromatic rings. The maximum Gasteiger partial charge on any atom is 0.319 e. The van der Waals surface area contributed by atoms with Crippen molar-refractivity contribution in [2.75, 3.05) is 18.4 Å². The van der Waals surface area contributed by atoms with E-state index in [4.69, 9.17) is 0 Å². The van der Waals surface area contributed by atoms with Gasteiger partial charge in [0.25, 0.3) is 0 Å². The van der Waals surface area contributed by atoms with Gasteiger partial charge in [0.05, 0.1) is 18.3 Å². The Labute approximate surface area is 174 Å². The highest BCUT2D eigenvalue weighted by molar-refractivity contribution is 5.92. The molecule has 1 aromatic heterocycles. The summed E-state index contributed by atoms with van der Waals surface area (Å²) in [6.45, 7) is 4.61. The standard InChI is InChI=1S/C23H25FN4O2/c1-14(2)22-21-16(15-7-3-5-9-18(15)26-21)11-12-28(22)20(29)13-25-23(30)27-19-10-6-4-8-17(19)24/h3-10,14,22,26H,11-13H2,1-2H3,(H2,25,27,30). The number of rotatable bonds is 4. The minimum absolute atomic E-state index is 0.0724. The van der Waals surface area contributed by atoms with Crippen molar-refractivity contribution in [2.45, 2.75) is 26.3 Å². The Kier molecular flexibility index (Phi) is 5.44. The quantitative estimate of drug-likeness (QED) is 0.605. The molecule has 156 valence electrons. The summed E-state index contributed by atoms with van der Waals surface area (Å²) in [5, 5.41) is 6.18. The summed E-state index contributed by atoms with van der Waals surface area (Å²) >= 11 is 0. The lowest BCUT2D eigenvalue weighted by molar-refractivity contribution is -0.134. The van der Waals surface area contributed by atoms with Crippen LogP contribution >= 0.6 is 0 Å². The molecule has 6 nitrogen and oxygen atoms in total. The highest BCUT2D eigenvalue weighted by Gasteiger charge is 2.35. The van der Waals surface area contributed by atoms with Crippen molar-refractivity contribution < 1.29 is 14.0 Å². The Balaban J connectivity index is 1.47. The van der Waals surface area contributed by atoms with Crippen molar-refractivity contribution in [3.8, 4) is 0 Å². The summed E-state index contributed by atoms with van der Waals surface area (Å²) < 4.78 is 13.7. The van der Waals surface area contributed by atoms with E-state index in [0.717, 1.165) is 17.6 Å². The van der Waals surface area contributed by atoms with E-state index in [1.165, 1.54) is 23.1 Å². The van der Waals surface area contributed by atoms with Gasteiger partial charge in [0.1, 0.15) is 5.82 Å². The summed E-state index contributed by atoms with van der Waals surface area (Å²) in [7, 11) is 0. The van der Waals surface area contributed by atoms with Crippen molar-refractivity contribution >= 4 is 28.5 Å². The number of carbonyl (C=O) groups excluding carboxylic acids is 2. The number of urea groups is 1. The first-order valence-corrected chi connectivity index (χ1v) is 10.1. The first-order valence-electron chi connectivity index (χ1n) is 10.1. The molecule has 0 fully saturated rings. The van der Waals surface area contributed by atoms with Gasteiger partial charge in [-0.15, -0.1) is 0 Å². The van der Waals surface area contributed by atoms with E-state index < -0.39 is 11.8 Å². The molecule has 0 radical (unpaired) electrons. The molecule has 1 atom stereocenters. The van der Waals surface area contributed by atoms with E-state index in [-0.39, 0.29) is 30.1 Å². The third kappa shape index (κ3) is 3.75. The molecule has 0 bridgehead atoms. The van der Waals surface area contributed by atoms with Gasteiger partial charge < -0.3 is 20.5 Å². The average molecular weight is 408 g/mol. The monoisotopic (exact) mass is 408 g/mol. The van der Waals surface area contributed by atoms with Crippen LogP contribution in [0.1, 0.15) is 31.1 Å². The second kappa shape index (κ2) is 8.18. The van der Waals surface area contributed by atoms with Gasteiger partial charge in [-0.3, -0.25) is 4.79 Å². The lowest BCUT2D eigenvalue weighted by atomic mass is 9.90. The molecule has 0 spiro atoms. The normalized spacial score (nSPS) is 15.9. The van der Waals surface area contributed by atoms with E-state index in [2.05, 4.69) is 35.5 Å². The minimum atomic E-state index is -0.613. The first-order chi connectivity index (χ1) is 14.5. The fourth-order valence-corrected chi connectivity index (χ4v) is 4.23. The van der Waals surface area contributed by atoms with E-state index in [1.807, 2.05) is 23.1 Å². The molecular weight excluding hydrogens is 383 g/mol. The summed E-state index contributed by atoms with van der Waals surface area (Å²) in [6, 6.07) is 13.4. The molecule has 1 unspecified atom stereocenters. The Morgan fingerprint density at radius 3 is 2.67 bits per heavy atom. The fourth-order valence-electron chi connectivity index (χ4n) is 4.23. The molecule has 4 rings (SSSR count). The number of aromatic amines is 1. The van der Waals surface area contributed by atoms with Crippen LogP contribution in [0.15, 0.2) is 48.5 Å². The van der Waals surface area contributed by atoms with Crippen LogP contribution in [0.3, 0.4) is 0 Å². The number of nitrogens with one attached hydrogen (secondary N) is 3. The number of fused-ring (bicyclic) bond motifs is 3. The van der Waals surface area contributed by atoms with Crippen molar-refractivity contribution in [2.24, 2.45) is 5.92 Å². The maximum atomic E-state index is 13.7. The molecule has 3 N–H and O–H groups in total. The van der Waals surface area contributed by atoms with Crippen LogP contribution < -0.4 is 10.6 Å². The molecule has 3 amide bonds. The number of carbonyl (C=O) groups is 2. The number of anilines is 1. The SMILES string of the molecule is CC(C)C1c2[nH]c3ccccc3c2CCN1C(=O)CNC(=O)Nc1ccccc1F. The van der Waals surface area contributed by atoms with Gasteiger partial charge in [-0.05, 0) is 36.1 Å². The number of H-pyrrole nitrogens is 1. The highest BCUT2D eigenvalue weighted by Crippen LogP contribution is 2.38. The van der Waals surface area contributed by atoms with Crippen molar-refractivity contribution in [1.82, 2.24) is 15.2 Å². The zero-order valence-electron chi connectivity index (χ0n) is 17.0. The van der Waals surface area contributed by atoms with E-state index in [9.17, 15) is 14.0 Å². The van der Waals surface area contributed by atoms with Gasteiger partial charge in [0, 0.05) is 23.1 Å². The van der Waals surface area contributed by atoms with Crippen LogP contribution in [0.25, 0.3) is 10.9 Å². The van der Waals surface area contributed by atoms with E-state index >= 15 is 0 Å². The molecule has 1 aliphatic heterocycles. The summed E-state index contributed by atoms with van der Waals surface area (Å²) in [5.74, 6) is -0.490. The topological polar surface area (TPSA) is 77.2 Å². The molecule has 0 saturated carbocycles. The second-order valence-electron chi connectivity index (χ2n) is 7.88. The molecule has 7 heteroatoms. The number of hydrogen-bond acceptors (Lipinski definition) is 2. The smallest absolute Gasteiger partial charge is 0.319 e. The largest absolute Gasteiger partial charge is 0.356 e. The van der Waals surface area contributed by atoms with Crippen molar-refractivity contribution in [3.63, 3.8) is 0 Å². The van der Waals surface area contributed by atoms with E-state index in [1.54, 1.807) is 12.1 Å². The molecule has 2 heterocycles. The molecule has 0 aliphatic carbocycles. The average Bonchev–Trinajstić information content (AvgIpc) is 3.11. The Hall–Kier alpha value is -3.35. The summed E-state index contributed by atoms with van der Waals surface area (Å²) in [5.41, 5.74) is 3.48. The number of para-hydroxylation sites is 2. The third-order valence-corrected chi connectivity index (χ3v) is 5.55.